The van der Waals surface area contributed by atoms with Crippen LogP contribution in [0.3, 0.4) is 0 Å². The molecule has 1 aromatic heterocycles. The standard InChI is InChI=1S/C20H26F3N5O3/c1-14(13-29)25-19-26-17(15-3-2-4-16(11-15)31-20(21,22)23)12-18(27-19)24-5-6-28-7-9-30-10-8-28/h2-4,11-12,14,29H,5-10,13H2,1H3,(H2,24,25,26,27)/t14-/m1/s1. The molecule has 0 amide bonds. The third-order valence-electron chi connectivity index (χ3n) is 4.58. The van der Waals surface area contributed by atoms with Crippen LogP contribution in [-0.4, -0.2) is 78.4 Å². The molecule has 0 radical (unpaired) electrons. The number of rotatable bonds is 9. The van der Waals surface area contributed by atoms with E-state index in [4.69, 9.17) is 4.74 Å². The lowest BCUT2D eigenvalue weighted by atomic mass is 10.1. The number of ether oxygens (including phenoxy) is 2. The molecule has 0 unspecified atom stereocenters. The van der Waals surface area contributed by atoms with Gasteiger partial charge in [0.2, 0.25) is 5.95 Å². The first kappa shape index (κ1) is 23.0. The van der Waals surface area contributed by atoms with E-state index in [-0.39, 0.29) is 24.3 Å². The SMILES string of the molecule is C[C@H](CO)Nc1nc(NCCN2CCOCC2)cc(-c2cccc(OC(F)(F)F)c2)n1. The van der Waals surface area contributed by atoms with Crippen LogP contribution in [0.1, 0.15) is 6.92 Å². The molecule has 0 aliphatic carbocycles. The van der Waals surface area contributed by atoms with Gasteiger partial charge in [0.1, 0.15) is 11.6 Å². The van der Waals surface area contributed by atoms with E-state index < -0.39 is 6.36 Å². The van der Waals surface area contributed by atoms with E-state index in [1.807, 2.05) is 0 Å². The number of hydrogen-bond donors (Lipinski definition) is 3. The number of halogens is 3. The van der Waals surface area contributed by atoms with Crippen LogP contribution in [0.2, 0.25) is 0 Å². The van der Waals surface area contributed by atoms with Crippen LogP contribution >= 0.6 is 0 Å². The highest BCUT2D eigenvalue weighted by atomic mass is 19.4. The Morgan fingerprint density at radius 3 is 2.71 bits per heavy atom. The number of alkyl halides is 3. The fourth-order valence-electron chi connectivity index (χ4n) is 3.04. The van der Waals surface area contributed by atoms with Gasteiger partial charge in [-0.2, -0.15) is 4.98 Å². The summed E-state index contributed by atoms with van der Waals surface area (Å²) in [6.45, 7) is 6.22. The van der Waals surface area contributed by atoms with Crippen LogP contribution in [0, 0.1) is 0 Å². The van der Waals surface area contributed by atoms with Crippen LogP contribution in [0.15, 0.2) is 30.3 Å². The van der Waals surface area contributed by atoms with Gasteiger partial charge in [-0.3, -0.25) is 4.90 Å². The summed E-state index contributed by atoms with van der Waals surface area (Å²) < 4.78 is 47.1. The van der Waals surface area contributed by atoms with Crippen molar-refractivity contribution in [1.29, 1.82) is 0 Å². The summed E-state index contributed by atoms with van der Waals surface area (Å²) >= 11 is 0. The molecule has 1 atom stereocenters. The van der Waals surface area contributed by atoms with Gasteiger partial charge < -0.3 is 25.2 Å². The first-order valence-corrected chi connectivity index (χ1v) is 9.99. The van der Waals surface area contributed by atoms with E-state index in [0.717, 1.165) is 19.6 Å². The van der Waals surface area contributed by atoms with Crippen LogP contribution < -0.4 is 15.4 Å². The molecule has 1 fully saturated rings. The number of nitrogens with zero attached hydrogens (tertiary/aromatic N) is 3. The summed E-state index contributed by atoms with van der Waals surface area (Å²) in [5.41, 5.74) is 0.865. The zero-order valence-electron chi connectivity index (χ0n) is 17.2. The number of benzene rings is 1. The third-order valence-corrected chi connectivity index (χ3v) is 4.58. The van der Waals surface area contributed by atoms with Gasteiger partial charge in [-0.1, -0.05) is 12.1 Å². The summed E-state index contributed by atoms with van der Waals surface area (Å²) in [6, 6.07) is 6.98. The van der Waals surface area contributed by atoms with Crippen molar-refractivity contribution in [2.45, 2.75) is 19.3 Å². The van der Waals surface area contributed by atoms with Gasteiger partial charge in [0.15, 0.2) is 0 Å². The zero-order chi connectivity index (χ0) is 22.3. The Labute approximate surface area is 178 Å². The topological polar surface area (TPSA) is 91.8 Å². The average molecular weight is 441 g/mol. The van der Waals surface area contributed by atoms with Gasteiger partial charge in [-0.15, -0.1) is 13.2 Å². The second kappa shape index (κ2) is 10.6. The Bertz CT molecular complexity index is 847. The Morgan fingerprint density at radius 2 is 2.00 bits per heavy atom. The largest absolute Gasteiger partial charge is 0.573 e. The minimum Gasteiger partial charge on any atom is -0.406 e. The molecule has 11 heteroatoms. The minimum absolute atomic E-state index is 0.123. The van der Waals surface area contributed by atoms with Gasteiger partial charge in [0.05, 0.1) is 25.5 Å². The van der Waals surface area contributed by atoms with E-state index in [0.29, 0.717) is 36.8 Å². The molecule has 0 bridgehead atoms. The predicted molar refractivity (Wildman–Crippen MR) is 110 cm³/mol. The fraction of sp³-hybridized carbons (Fsp3) is 0.500. The van der Waals surface area contributed by atoms with Crippen LogP contribution in [0.4, 0.5) is 24.9 Å². The summed E-state index contributed by atoms with van der Waals surface area (Å²) in [7, 11) is 0. The lowest BCUT2D eigenvalue weighted by Crippen LogP contribution is -2.39. The van der Waals surface area contributed by atoms with Crippen molar-refractivity contribution in [3.63, 3.8) is 0 Å². The number of aromatic nitrogens is 2. The van der Waals surface area contributed by atoms with E-state index in [9.17, 15) is 18.3 Å². The summed E-state index contributed by atoms with van der Waals surface area (Å²) in [5, 5.41) is 15.5. The lowest BCUT2D eigenvalue weighted by molar-refractivity contribution is -0.274. The van der Waals surface area contributed by atoms with Crippen LogP contribution in [0.5, 0.6) is 5.75 Å². The smallest absolute Gasteiger partial charge is 0.406 e. The number of aliphatic hydroxyl groups is 1. The Kier molecular flexibility index (Phi) is 7.88. The maximum absolute atomic E-state index is 12.6. The van der Waals surface area contributed by atoms with Gasteiger partial charge in [0, 0.05) is 43.9 Å². The molecule has 3 rings (SSSR count). The maximum Gasteiger partial charge on any atom is 0.573 e. The number of hydrogen-bond acceptors (Lipinski definition) is 8. The number of morpholine rings is 1. The normalized spacial score (nSPS) is 16.0. The molecular formula is C20H26F3N5O3. The van der Waals surface area contributed by atoms with Crippen LogP contribution in [-0.2, 0) is 4.74 Å². The van der Waals surface area contributed by atoms with Gasteiger partial charge in [0.25, 0.3) is 0 Å². The molecule has 170 valence electrons. The predicted octanol–water partition coefficient (Wildman–Crippen LogP) is 2.58. The Hall–Kier alpha value is -2.63. The highest BCUT2D eigenvalue weighted by Gasteiger charge is 2.31. The fourth-order valence-corrected chi connectivity index (χ4v) is 3.04. The van der Waals surface area contributed by atoms with Gasteiger partial charge in [-0.05, 0) is 19.1 Å². The van der Waals surface area contributed by atoms with E-state index >= 15 is 0 Å². The van der Waals surface area contributed by atoms with Crippen molar-refractivity contribution >= 4 is 11.8 Å². The van der Waals surface area contributed by atoms with Crippen molar-refractivity contribution in [3.8, 4) is 17.0 Å². The van der Waals surface area contributed by atoms with Gasteiger partial charge >= 0.3 is 6.36 Å². The molecule has 1 saturated heterocycles. The van der Waals surface area contributed by atoms with Gasteiger partial charge in [-0.25, -0.2) is 4.98 Å². The Balaban J connectivity index is 1.78. The van der Waals surface area contributed by atoms with E-state index in [1.165, 1.54) is 18.2 Å². The van der Waals surface area contributed by atoms with Crippen molar-refractivity contribution < 1.29 is 27.8 Å². The van der Waals surface area contributed by atoms with Crippen LogP contribution in [0.25, 0.3) is 11.3 Å². The quantitative estimate of drug-likeness (QED) is 0.547. The molecule has 2 heterocycles. The van der Waals surface area contributed by atoms with E-state index in [2.05, 4.69) is 30.2 Å². The van der Waals surface area contributed by atoms with Crippen molar-refractivity contribution in [1.82, 2.24) is 14.9 Å². The molecule has 31 heavy (non-hydrogen) atoms. The molecule has 0 saturated carbocycles. The summed E-state index contributed by atoms with van der Waals surface area (Å²) in [4.78, 5) is 11.1. The summed E-state index contributed by atoms with van der Waals surface area (Å²) in [5.74, 6) is 0.451. The molecule has 8 nitrogen and oxygen atoms in total. The molecule has 1 aliphatic heterocycles. The molecule has 2 aromatic rings. The van der Waals surface area contributed by atoms with Crippen molar-refractivity contribution in [3.05, 3.63) is 30.3 Å². The highest BCUT2D eigenvalue weighted by molar-refractivity contribution is 5.66. The number of anilines is 2. The average Bonchev–Trinajstić information content (AvgIpc) is 2.73. The zero-order valence-corrected chi connectivity index (χ0v) is 17.2. The molecule has 1 aromatic carbocycles. The minimum atomic E-state index is -4.78. The summed E-state index contributed by atoms with van der Waals surface area (Å²) in [6.07, 6.45) is -4.78. The third kappa shape index (κ3) is 7.53. The monoisotopic (exact) mass is 441 g/mol. The second-order valence-electron chi connectivity index (χ2n) is 7.15. The lowest BCUT2D eigenvalue weighted by Gasteiger charge is -2.26. The highest BCUT2D eigenvalue weighted by Crippen LogP contribution is 2.28. The first-order valence-electron chi connectivity index (χ1n) is 9.99. The maximum atomic E-state index is 12.6. The van der Waals surface area contributed by atoms with Crippen molar-refractivity contribution in [2.75, 3.05) is 56.6 Å². The van der Waals surface area contributed by atoms with Crippen molar-refractivity contribution in [2.24, 2.45) is 0 Å². The molecular weight excluding hydrogens is 415 g/mol. The number of nitrogens with one attached hydrogen (secondary N) is 2. The van der Waals surface area contributed by atoms with E-state index in [1.54, 1.807) is 19.1 Å². The second-order valence-corrected chi connectivity index (χ2v) is 7.15. The molecule has 3 N–H and O–H groups in total. The molecule has 1 aliphatic rings. The Morgan fingerprint density at radius 1 is 1.23 bits per heavy atom. The number of aliphatic hydroxyl groups excluding tert-OH is 1. The molecule has 0 spiro atoms. The first-order chi connectivity index (χ1) is 14.8.